The van der Waals surface area contributed by atoms with Gasteiger partial charge in [-0.1, -0.05) is 32.1 Å². The van der Waals surface area contributed by atoms with E-state index in [9.17, 15) is 0 Å². The van der Waals surface area contributed by atoms with Crippen LogP contribution in [0.4, 0.5) is 0 Å². The molecule has 2 N–H and O–H groups in total. The normalized spacial score (nSPS) is 31.9. The van der Waals surface area contributed by atoms with E-state index >= 15 is 0 Å². The Morgan fingerprint density at radius 1 is 1.07 bits per heavy atom. The molecule has 0 aromatic heterocycles. The molecule has 1 nitrogen and oxygen atoms in total. The average Bonchev–Trinajstić information content (AvgIpc) is 2.74. The van der Waals surface area contributed by atoms with E-state index in [-0.39, 0.29) is 0 Å². The van der Waals surface area contributed by atoms with Crippen LogP contribution in [0.2, 0.25) is 0 Å². The van der Waals surface area contributed by atoms with Gasteiger partial charge in [-0.15, -0.1) is 0 Å². The highest BCUT2D eigenvalue weighted by atomic mass is 32.2. The van der Waals surface area contributed by atoms with Gasteiger partial charge in [-0.05, 0) is 42.2 Å². The number of thioether (sulfide) groups is 1. The number of hydrogen-bond acceptors (Lipinski definition) is 2. The third-order valence-corrected chi connectivity index (χ3v) is 5.29. The van der Waals surface area contributed by atoms with Crippen LogP contribution in [-0.4, -0.2) is 18.1 Å². The average molecular weight is 213 g/mol. The molecule has 1 aliphatic carbocycles. The van der Waals surface area contributed by atoms with Crippen LogP contribution >= 0.6 is 11.8 Å². The van der Waals surface area contributed by atoms with Crippen LogP contribution in [0.5, 0.6) is 0 Å². The molecular formula is C12H23NS. The highest BCUT2D eigenvalue weighted by Crippen LogP contribution is 2.39. The molecule has 2 atom stereocenters. The minimum absolute atomic E-state index is 0.852. The SMILES string of the molecule is NCC(C1CCCCC1)C1CCSC1. The zero-order valence-electron chi connectivity index (χ0n) is 9.08. The summed E-state index contributed by atoms with van der Waals surface area (Å²) in [7, 11) is 0. The van der Waals surface area contributed by atoms with Crippen molar-refractivity contribution in [3.05, 3.63) is 0 Å². The Labute approximate surface area is 92.2 Å². The molecule has 2 fully saturated rings. The van der Waals surface area contributed by atoms with Crippen molar-refractivity contribution in [2.24, 2.45) is 23.5 Å². The van der Waals surface area contributed by atoms with E-state index < -0.39 is 0 Å². The fourth-order valence-corrected chi connectivity index (χ4v) is 4.58. The summed E-state index contributed by atoms with van der Waals surface area (Å²) in [5.41, 5.74) is 5.97. The van der Waals surface area contributed by atoms with Gasteiger partial charge in [0.25, 0.3) is 0 Å². The lowest BCUT2D eigenvalue weighted by atomic mass is 9.74. The molecule has 2 aliphatic rings. The van der Waals surface area contributed by atoms with Crippen molar-refractivity contribution >= 4 is 11.8 Å². The van der Waals surface area contributed by atoms with Gasteiger partial charge in [-0.3, -0.25) is 0 Å². The molecule has 0 amide bonds. The van der Waals surface area contributed by atoms with Crippen LogP contribution in [0.15, 0.2) is 0 Å². The van der Waals surface area contributed by atoms with Gasteiger partial charge < -0.3 is 5.73 Å². The molecule has 0 spiro atoms. The van der Waals surface area contributed by atoms with Crippen LogP contribution in [0.25, 0.3) is 0 Å². The summed E-state index contributed by atoms with van der Waals surface area (Å²) >= 11 is 2.13. The molecule has 1 heterocycles. The third-order valence-electron chi connectivity index (χ3n) is 4.10. The summed E-state index contributed by atoms with van der Waals surface area (Å²) in [6.07, 6.45) is 8.74. The maximum atomic E-state index is 5.97. The van der Waals surface area contributed by atoms with E-state index in [2.05, 4.69) is 11.8 Å². The van der Waals surface area contributed by atoms with Crippen molar-refractivity contribution in [3.63, 3.8) is 0 Å². The molecule has 2 unspecified atom stereocenters. The van der Waals surface area contributed by atoms with Gasteiger partial charge in [0, 0.05) is 0 Å². The molecule has 0 radical (unpaired) electrons. The molecule has 1 saturated carbocycles. The standard InChI is InChI=1S/C12H23NS/c13-8-12(11-6-7-14-9-11)10-4-2-1-3-5-10/h10-12H,1-9,13H2. The molecule has 14 heavy (non-hydrogen) atoms. The summed E-state index contributed by atoms with van der Waals surface area (Å²) in [5.74, 6) is 5.54. The summed E-state index contributed by atoms with van der Waals surface area (Å²) in [6, 6.07) is 0. The smallest absolute Gasteiger partial charge is 0.00356 e. The van der Waals surface area contributed by atoms with Gasteiger partial charge in [-0.2, -0.15) is 11.8 Å². The first-order valence-electron chi connectivity index (χ1n) is 6.19. The maximum Gasteiger partial charge on any atom is -0.00356 e. The Hall–Kier alpha value is 0.310. The first-order valence-corrected chi connectivity index (χ1v) is 7.35. The highest BCUT2D eigenvalue weighted by molar-refractivity contribution is 7.99. The molecule has 2 heteroatoms. The van der Waals surface area contributed by atoms with Crippen LogP contribution in [0, 0.1) is 17.8 Å². The van der Waals surface area contributed by atoms with Gasteiger partial charge in [0.15, 0.2) is 0 Å². The molecule has 82 valence electrons. The minimum Gasteiger partial charge on any atom is -0.330 e. The van der Waals surface area contributed by atoms with Crippen LogP contribution in [0.1, 0.15) is 38.5 Å². The first-order chi connectivity index (χ1) is 6.92. The monoisotopic (exact) mass is 213 g/mol. The van der Waals surface area contributed by atoms with Crippen LogP contribution in [0.3, 0.4) is 0 Å². The fourth-order valence-electron chi connectivity index (χ4n) is 3.22. The second kappa shape index (κ2) is 5.41. The Morgan fingerprint density at radius 3 is 2.43 bits per heavy atom. The molecule has 2 rings (SSSR count). The largest absolute Gasteiger partial charge is 0.330 e. The van der Waals surface area contributed by atoms with E-state index in [1.807, 2.05) is 0 Å². The van der Waals surface area contributed by atoms with Gasteiger partial charge in [0.2, 0.25) is 0 Å². The number of hydrogen-bond donors (Lipinski definition) is 1. The fraction of sp³-hybridized carbons (Fsp3) is 1.00. The van der Waals surface area contributed by atoms with E-state index in [1.165, 1.54) is 50.0 Å². The molecule has 0 aromatic carbocycles. The van der Waals surface area contributed by atoms with Crippen molar-refractivity contribution in [1.29, 1.82) is 0 Å². The summed E-state index contributed by atoms with van der Waals surface area (Å²) in [6.45, 7) is 0.940. The lowest BCUT2D eigenvalue weighted by molar-refractivity contribution is 0.196. The van der Waals surface area contributed by atoms with Crippen molar-refractivity contribution < 1.29 is 0 Å². The first kappa shape index (κ1) is 10.8. The number of rotatable bonds is 3. The molecule has 0 aromatic rings. The Morgan fingerprint density at radius 2 is 1.86 bits per heavy atom. The highest BCUT2D eigenvalue weighted by Gasteiger charge is 2.31. The van der Waals surface area contributed by atoms with Gasteiger partial charge >= 0.3 is 0 Å². The van der Waals surface area contributed by atoms with Crippen molar-refractivity contribution in [3.8, 4) is 0 Å². The maximum absolute atomic E-state index is 5.97. The Bertz CT molecular complexity index is 160. The lowest BCUT2D eigenvalue weighted by Crippen LogP contribution is -2.32. The molecule has 0 bridgehead atoms. The van der Waals surface area contributed by atoms with Gasteiger partial charge in [-0.25, -0.2) is 0 Å². The Balaban J connectivity index is 1.89. The second-order valence-electron chi connectivity index (χ2n) is 4.92. The summed E-state index contributed by atoms with van der Waals surface area (Å²) < 4.78 is 0. The predicted molar refractivity (Wildman–Crippen MR) is 64.6 cm³/mol. The Kier molecular flexibility index (Phi) is 4.18. The minimum atomic E-state index is 0.852. The summed E-state index contributed by atoms with van der Waals surface area (Å²) in [5, 5.41) is 0. The second-order valence-corrected chi connectivity index (χ2v) is 6.07. The van der Waals surface area contributed by atoms with Gasteiger partial charge in [0.05, 0.1) is 0 Å². The predicted octanol–water partition coefficient (Wildman–Crippen LogP) is 2.89. The molecular weight excluding hydrogens is 190 g/mol. The van der Waals surface area contributed by atoms with E-state index in [0.717, 1.165) is 24.3 Å². The topological polar surface area (TPSA) is 26.0 Å². The quantitative estimate of drug-likeness (QED) is 0.780. The van der Waals surface area contributed by atoms with Crippen molar-refractivity contribution in [2.75, 3.05) is 18.1 Å². The van der Waals surface area contributed by atoms with Crippen molar-refractivity contribution in [2.45, 2.75) is 38.5 Å². The van der Waals surface area contributed by atoms with Crippen LogP contribution in [-0.2, 0) is 0 Å². The van der Waals surface area contributed by atoms with Crippen LogP contribution < -0.4 is 5.73 Å². The summed E-state index contributed by atoms with van der Waals surface area (Å²) in [4.78, 5) is 0. The lowest BCUT2D eigenvalue weighted by Gasteiger charge is -2.33. The molecule has 1 aliphatic heterocycles. The zero-order chi connectivity index (χ0) is 9.80. The van der Waals surface area contributed by atoms with Crippen molar-refractivity contribution in [1.82, 2.24) is 0 Å². The third kappa shape index (κ3) is 2.46. The van der Waals surface area contributed by atoms with E-state index in [0.29, 0.717) is 0 Å². The van der Waals surface area contributed by atoms with E-state index in [1.54, 1.807) is 0 Å². The number of nitrogens with two attached hydrogens (primary N) is 1. The van der Waals surface area contributed by atoms with E-state index in [4.69, 9.17) is 5.73 Å². The van der Waals surface area contributed by atoms with Gasteiger partial charge in [0.1, 0.15) is 0 Å². The zero-order valence-corrected chi connectivity index (χ0v) is 9.90. The molecule has 1 saturated heterocycles.